The highest BCUT2D eigenvalue weighted by atomic mass is 32.2. The van der Waals surface area contributed by atoms with Gasteiger partial charge in [0.1, 0.15) is 0 Å². The van der Waals surface area contributed by atoms with E-state index in [0.717, 1.165) is 19.3 Å². The minimum absolute atomic E-state index is 0.371. The number of allylic oxidation sites excluding steroid dienone is 1. The van der Waals surface area contributed by atoms with Crippen molar-refractivity contribution in [2.45, 2.75) is 29.8 Å². The van der Waals surface area contributed by atoms with Gasteiger partial charge in [-0.2, -0.15) is 0 Å². The van der Waals surface area contributed by atoms with E-state index >= 15 is 0 Å². The van der Waals surface area contributed by atoms with Crippen molar-refractivity contribution in [3.8, 4) is 0 Å². The van der Waals surface area contributed by atoms with Gasteiger partial charge in [-0.15, -0.1) is 6.58 Å². The molecule has 80 valence electrons. The van der Waals surface area contributed by atoms with Crippen LogP contribution < -0.4 is 0 Å². The van der Waals surface area contributed by atoms with Crippen LogP contribution in [-0.4, -0.2) is 14.7 Å². The Labute approximate surface area is 93.7 Å². The third kappa shape index (κ3) is 2.37. The van der Waals surface area contributed by atoms with Crippen LogP contribution in [0.2, 0.25) is 0 Å². The fraction of sp³-hybridized carbons (Fsp3) is 0.385. The maximum absolute atomic E-state index is 11.8. The fourth-order valence-corrected chi connectivity index (χ4v) is 3.76. The Morgan fingerprint density at radius 1 is 1.33 bits per heavy atom. The zero-order valence-electron chi connectivity index (χ0n) is 8.76. The summed E-state index contributed by atoms with van der Waals surface area (Å²) in [5.74, 6) is 0. The first kappa shape index (κ1) is 10.6. The van der Waals surface area contributed by atoms with Crippen LogP contribution in [0.15, 0.2) is 43.0 Å². The first-order chi connectivity index (χ1) is 7.31. The summed E-state index contributed by atoms with van der Waals surface area (Å²) < 4.78 is 11.8. The zero-order valence-corrected chi connectivity index (χ0v) is 9.58. The lowest BCUT2D eigenvalue weighted by Crippen LogP contribution is -2.41. The van der Waals surface area contributed by atoms with Crippen molar-refractivity contribution < 1.29 is 4.21 Å². The molecule has 1 unspecified atom stereocenters. The van der Waals surface area contributed by atoms with Gasteiger partial charge in [0, 0.05) is 21.3 Å². The zero-order chi connectivity index (χ0) is 10.7. The SMILES string of the molecule is C=CC[C@@H]1C[C@@H](Cc2ccccc2)S1=O. The molecular formula is C13H16OS. The van der Waals surface area contributed by atoms with Gasteiger partial charge in [0.15, 0.2) is 0 Å². The second-order valence-electron chi connectivity index (χ2n) is 4.02. The summed E-state index contributed by atoms with van der Waals surface area (Å²) in [6.07, 6.45) is 4.83. The van der Waals surface area contributed by atoms with Crippen molar-refractivity contribution in [1.29, 1.82) is 0 Å². The van der Waals surface area contributed by atoms with Gasteiger partial charge < -0.3 is 0 Å². The van der Waals surface area contributed by atoms with Crippen LogP contribution in [0, 0.1) is 0 Å². The van der Waals surface area contributed by atoms with Crippen LogP contribution in [0.1, 0.15) is 18.4 Å². The van der Waals surface area contributed by atoms with Gasteiger partial charge in [0.25, 0.3) is 0 Å². The molecule has 1 saturated heterocycles. The number of hydrogen-bond donors (Lipinski definition) is 0. The molecule has 0 saturated carbocycles. The Morgan fingerprint density at radius 3 is 2.67 bits per heavy atom. The average molecular weight is 220 g/mol. The Morgan fingerprint density at radius 2 is 2.07 bits per heavy atom. The molecule has 3 atom stereocenters. The van der Waals surface area contributed by atoms with Crippen LogP contribution in [0.4, 0.5) is 0 Å². The minimum atomic E-state index is -0.639. The molecule has 2 heteroatoms. The topological polar surface area (TPSA) is 17.1 Å². The maximum atomic E-state index is 11.8. The van der Waals surface area contributed by atoms with E-state index in [1.807, 2.05) is 24.3 Å². The number of hydrogen-bond acceptors (Lipinski definition) is 1. The lowest BCUT2D eigenvalue weighted by molar-refractivity contribution is 0.576. The molecular weight excluding hydrogens is 204 g/mol. The minimum Gasteiger partial charge on any atom is -0.259 e. The van der Waals surface area contributed by atoms with Gasteiger partial charge in [-0.1, -0.05) is 36.4 Å². The van der Waals surface area contributed by atoms with Crippen LogP contribution in [0.25, 0.3) is 0 Å². The first-order valence-corrected chi connectivity index (χ1v) is 6.63. The van der Waals surface area contributed by atoms with Crippen molar-refractivity contribution >= 4 is 10.8 Å². The van der Waals surface area contributed by atoms with E-state index in [2.05, 4.69) is 18.7 Å². The summed E-state index contributed by atoms with van der Waals surface area (Å²) in [7, 11) is -0.639. The molecule has 15 heavy (non-hydrogen) atoms. The lowest BCUT2D eigenvalue weighted by atomic mass is 10.0. The summed E-state index contributed by atoms with van der Waals surface area (Å²) in [5.41, 5.74) is 1.30. The van der Waals surface area contributed by atoms with Crippen LogP contribution in [0.3, 0.4) is 0 Å². The number of rotatable bonds is 4. The normalized spacial score (nSPS) is 29.5. The molecule has 0 aromatic heterocycles. The van der Waals surface area contributed by atoms with Crippen molar-refractivity contribution in [3.05, 3.63) is 48.6 Å². The molecule has 1 aliphatic heterocycles. The lowest BCUT2D eigenvalue weighted by Gasteiger charge is -2.34. The third-order valence-electron chi connectivity index (χ3n) is 2.92. The van der Waals surface area contributed by atoms with E-state index in [9.17, 15) is 4.21 Å². The molecule has 1 aromatic carbocycles. The summed E-state index contributed by atoms with van der Waals surface area (Å²) in [6, 6.07) is 10.3. The Kier molecular flexibility index (Phi) is 3.37. The van der Waals surface area contributed by atoms with E-state index in [4.69, 9.17) is 0 Å². The van der Waals surface area contributed by atoms with Crippen molar-refractivity contribution in [3.63, 3.8) is 0 Å². The average Bonchev–Trinajstić information content (AvgIpc) is 2.29. The summed E-state index contributed by atoms with van der Waals surface area (Å²) >= 11 is 0. The second kappa shape index (κ2) is 4.75. The fourth-order valence-electron chi connectivity index (χ4n) is 2.05. The molecule has 1 nitrogen and oxygen atoms in total. The molecule has 0 bridgehead atoms. The van der Waals surface area contributed by atoms with Gasteiger partial charge in [-0.05, 0) is 24.8 Å². The van der Waals surface area contributed by atoms with Gasteiger partial charge >= 0.3 is 0 Å². The summed E-state index contributed by atoms with van der Waals surface area (Å²) in [5, 5.41) is 0.744. The van der Waals surface area contributed by atoms with Crippen molar-refractivity contribution in [1.82, 2.24) is 0 Å². The standard InChI is InChI=1S/C13H16OS/c1-2-6-12-10-13(15(12)14)9-11-7-4-3-5-8-11/h2-5,7-8,12-13H,1,6,9-10H2/t12-,13-,15?/m1/s1. The maximum Gasteiger partial charge on any atom is 0.0402 e. The van der Waals surface area contributed by atoms with E-state index in [1.54, 1.807) is 0 Å². The molecule has 0 amide bonds. The molecule has 1 aromatic rings. The highest BCUT2D eigenvalue weighted by Gasteiger charge is 2.36. The predicted molar refractivity (Wildman–Crippen MR) is 65.3 cm³/mol. The molecule has 2 rings (SSSR count). The molecule has 0 radical (unpaired) electrons. The molecule has 1 aliphatic rings. The van der Waals surface area contributed by atoms with E-state index in [1.165, 1.54) is 5.56 Å². The number of benzene rings is 1. The molecule has 0 N–H and O–H groups in total. The first-order valence-electron chi connectivity index (χ1n) is 5.35. The largest absolute Gasteiger partial charge is 0.259 e. The van der Waals surface area contributed by atoms with Gasteiger partial charge in [-0.25, -0.2) is 0 Å². The molecule has 1 heterocycles. The van der Waals surface area contributed by atoms with E-state index < -0.39 is 10.8 Å². The smallest absolute Gasteiger partial charge is 0.0402 e. The Balaban J connectivity index is 1.89. The second-order valence-corrected chi connectivity index (χ2v) is 6.01. The Bertz CT molecular complexity index is 358. The van der Waals surface area contributed by atoms with Gasteiger partial charge in [0.05, 0.1) is 0 Å². The third-order valence-corrected chi connectivity index (χ3v) is 4.98. The van der Waals surface area contributed by atoms with Crippen LogP contribution >= 0.6 is 0 Å². The van der Waals surface area contributed by atoms with Crippen molar-refractivity contribution in [2.75, 3.05) is 0 Å². The van der Waals surface area contributed by atoms with Crippen LogP contribution in [-0.2, 0) is 17.2 Å². The van der Waals surface area contributed by atoms with Crippen LogP contribution in [0.5, 0.6) is 0 Å². The molecule has 0 aliphatic carbocycles. The van der Waals surface area contributed by atoms with E-state index in [-0.39, 0.29) is 0 Å². The summed E-state index contributed by atoms with van der Waals surface area (Å²) in [6.45, 7) is 3.69. The highest BCUT2D eigenvalue weighted by molar-refractivity contribution is 7.87. The Hall–Kier alpha value is -0.890. The highest BCUT2D eigenvalue weighted by Crippen LogP contribution is 2.30. The predicted octanol–water partition coefficient (Wildman–Crippen LogP) is 2.69. The summed E-state index contributed by atoms with van der Waals surface area (Å²) in [4.78, 5) is 0. The monoisotopic (exact) mass is 220 g/mol. The van der Waals surface area contributed by atoms with Gasteiger partial charge in [0.2, 0.25) is 0 Å². The quantitative estimate of drug-likeness (QED) is 0.713. The molecule has 0 spiro atoms. The van der Waals surface area contributed by atoms with E-state index in [0.29, 0.717) is 10.5 Å². The molecule has 1 fully saturated rings. The van der Waals surface area contributed by atoms with Gasteiger partial charge in [-0.3, -0.25) is 4.21 Å². The van der Waals surface area contributed by atoms with Crippen molar-refractivity contribution in [2.24, 2.45) is 0 Å².